The second kappa shape index (κ2) is 6.43. The van der Waals surface area contributed by atoms with E-state index >= 15 is 0 Å². The van der Waals surface area contributed by atoms with E-state index in [1.165, 1.54) is 0 Å². The molecule has 0 saturated carbocycles. The smallest absolute Gasteiger partial charge is 0.254 e. The van der Waals surface area contributed by atoms with Crippen molar-refractivity contribution in [2.75, 3.05) is 39.0 Å². The first-order chi connectivity index (χ1) is 9.92. The van der Waals surface area contributed by atoms with E-state index in [2.05, 4.69) is 43.0 Å². The summed E-state index contributed by atoms with van der Waals surface area (Å²) >= 11 is 0. The average molecular weight is 290 g/mol. The van der Waals surface area contributed by atoms with Crippen molar-refractivity contribution in [3.05, 3.63) is 23.4 Å². The summed E-state index contributed by atoms with van der Waals surface area (Å²) in [5.41, 5.74) is 1.68. The number of carbonyl (C=O) groups excluding carboxylic acids is 1. The molecule has 1 atom stereocenters. The van der Waals surface area contributed by atoms with E-state index in [9.17, 15) is 4.79 Å². The van der Waals surface area contributed by atoms with Gasteiger partial charge in [-0.2, -0.15) is 0 Å². The maximum Gasteiger partial charge on any atom is 0.254 e. The Morgan fingerprint density at radius 2 is 2.10 bits per heavy atom. The third-order valence-electron chi connectivity index (χ3n) is 4.03. The first kappa shape index (κ1) is 15.8. The lowest BCUT2D eigenvalue weighted by molar-refractivity contribution is 0.0533. The van der Waals surface area contributed by atoms with Gasteiger partial charge in [0.25, 0.3) is 5.91 Å². The molecule has 1 aliphatic rings. The van der Waals surface area contributed by atoms with Crippen molar-refractivity contribution >= 4 is 11.7 Å². The summed E-state index contributed by atoms with van der Waals surface area (Å²) in [7, 11) is 3.93. The lowest BCUT2D eigenvalue weighted by Crippen LogP contribution is -2.52. The molecule has 5 heteroatoms. The highest BCUT2D eigenvalue weighted by Crippen LogP contribution is 2.20. The van der Waals surface area contributed by atoms with Crippen molar-refractivity contribution in [3.63, 3.8) is 0 Å². The molecule has 21 heavy (non-hydrogen) atoms. The molecule has 0 spiro atoms. The number of piperazine rings is 1. The number of hydrogen-bond acceptors (Lipinski definition) is 4. The van der Waals surface area contributed by atoms with Crippen molar-refractivity contribution in [1.82, 2.24) is 14.8 Å². The van der Waals surface area contributed by atoms with Crippen LogP contribution in [0.5, 0.6) is 0 Å². The fraction of sp³-hybridized carbons (Fsp3) is 0.625. The Kier molecular flexibility index (Phi) is 4.83. The number of nitrogens with zero attached hydrogens (tertiary/aromatic N) is 3. The van der Waals surface area contributed by atoms with E-state index in [-0.39, 0.29) is 11.9 Å². The summed E-state index contributed by atoms with van der Waals surface area (Å²) in [5.74, 6) is 1.16. The van der Waals surface area contributed by atoms with Gasteiger partial charge in [-0.25, -0.2) is 4.98 Å². The van der Waals surface area contributed by atoms with E-state index in [0.717, 1.165) is 36.7 Å². The van der Waals surface area contributed by atoms with Crippen LogP contribution in [-0.4, -0.2) is 60.5 Å². The quantitative estimate of drug-likeness (QED) is 0.925. The predicted octanol–water partition coefficient (Wildman–Crippen LogP) is 2.02. The van der Waals surface area contributed by atoms with Crippen LogP contribution in [0.1, 0.15) is 42.7 Å². The van der Waals surface area contributed by atoms with Crippen LogP contribution >= 0.6 is 0 Å². The summed E-state index contributed by atoms with van der Waals surface area (Å²) in [4.78, 5) is 21.6. The van der Waals surface area contributed by atoms with Gasteiger partial charge < -0.3 is 15.1 Å². The van der Waals surface area contributed by atoms with Gasteiger partial charge in [-0.15, -0.1) is 0 Å². The van der Waals surface area contributed by atoms with Crippen LogP contribution in [0.3, 0.4) is 0 Å². The monoisotopic (exact) mass is 290 g/mol. The molecule has 1 fully saturated rings. The SMILES string of the molecule is CNc1cc(C(=O)N2CCN(C)CC2C)cc(C(C)C)n1. The second-order valence-electron chi connectivity index (χ2n) is 6.18. The van der Waals surface area contributed by atoms with E-state index < -0.39 is 0 Å². The lowest BCUT2D eigenvalue weighted by atomic mass is 10.1. The molecule has 1 unspecified atom stereocenters. The number of likely N-dealkylation sites (N-methyl/N-ethyl adjacent to an activating group) is 1. The summed E-state index contributed by atoms with van der Waals surface area (Å²) in [5, 5.41) is 3.05. The third-order valence-corrected chi connectivity index (χ3v) is 4.03. The predicted molar refractivity (Wildman–Crippen MR) is 85.9 cm³/mol. The molecular weight excluding hydrogens is 264 g/mol. The summed E-state index contributed by atoms with van der Waals surface area (Å²) < 4.78 is 0. The number of hydrogen-bond donors (Lipinski definition) is 1. The van der Waals surface area contributed by atoms with Gasteiger partial charge in [-0.05, 0) is 32.0 Å². The summed E-state index contributed by atoms with van der Waals surface area (Å²) in [6.45, 7) is 8.93. The van der Waals surface area contributed by atoms with Crippen LogP contribution < -0.4 is 5.32 Å². The van der Waals surface area contributed by atoms with Crippen LogP contribution in [0.25, 0.3) is 0 Å². The number of aromatic nitrogens is 1. The zero-order valence-electron chi connectivity index (χ0n) is 13.7. The Morgan fingerprint density at radius 1 is 1.38 bits per heavy atom. The second-order valence-corrected chi connectivity index (χ2v) is 6.18. The van der Waals surface area contributed by atoms with Gasteiger partial charge >= 0.3 is 0 Å². The highest BCUT2D eigenvalue weighted by Gasteiger charge is 2.27. The molecule has 0 aromatic carbocycles. The van der Waals surface area contributed by atoms with Crippen molar-refractivity contribution in [2.24, 2.45) is 0 Å². The third kappa shape index (κ3) is 3.53. The maximum atomic E-state index is 12.8. The first-order valence-electron chi connectivity index (χ1n) is 7.61. The standard InChI is InChI=1S/C16H26N4O/c1-11(2)14-8-13(9-15(17-4)18-14)16(21)20-7-6-19(5)10-12(20)3/h8-9,11-12H,6-7,10H2,1-5H3,(H,17,18). The van der Waals surface area contributed by atoms with Crippen molar-refractivity contribution in [3.8, 4) is 0 Å². The van der Waals surface area contributed by atoms with Crippen LogP contribution in [0, 0.1) is 0 Å². The number of anilines is 1. The molecule has 0 bridgehead atoms. The van der Waals surface area contributed by atoms with Gasteiger partial charge in [0.1, 0.15) is 5.82 Å². The fourth-order valence-electron chi connectivity index (χ4n) is 2.71. The minimum atomic E-state index is 0.108. The Balaban J connectivity index is 2.28. The number of nitrogens with one attached hydrogen (secondary N) is 1. The molecule has 2 rings (SSSR count). The van der Waals surface area contributed by atoms with Gasteiger partial charge in [-0.1, -0.05) is 13.8 Å². The molecule has 1 aliphatic heterocycles. The van der Waals surface area contributed by atoms with Gasteiger partial charge in [-0.3, -0.25) is 4.79 Å². The zero-order chi connectivity index (χ0) is 15.6. The molecule has 5 nitrogen and oxygen atoms in total. The minimum absolute atomic E-state index is 0.108. The van der Waals surface area contributed by atoms with Crippen LogP contribution in [0.2, 0.25) is 0 Å². The Bertz CT molecular complexity index is 515. The number of carbonyl (C=O) groups is 1. The van der Waals surface area contributed by atoms with Crippen molar-refractivity contribution in [2.45, 2.75) is 32.7 Å². The molecule has 0 aliphatic carbocycles. The van der Waals surface area contributed by atoms with Crippen molar-refractivity contribution < 1.29 is 4.79 Å². The van der Waals surface area contributed by atoms with E-state index in [1.807, 2.05) is 24.1 Å². The average Bonchev–Trinajstić information content (AvgIpc) is 2.46. The van der Waals surface area contributed by atoms with Gasteiger partial charge in [0, 0.05) is 44.0 Å². The minimum Gasteiger partial charge on any atom is -0.373 e. The lowest BCUT2D eigenvalue weighted by Gasteiger charge is -2.38. The van der Waals surface area contributed by atoms with Gasteiger partial charge in [0.15, 0.2) is 0 Å². The molecular formula is C16H26N4O. The maximum absolute atomic E-state index is 12.8. The molecule has 1 aromatic rings. The molecule has 1 N–H and O–H groups in total. The molecule has 2 heterocycles. The summed E-state index contributed by atoms with van der Waals surface area (Å²) in [6, 6.07) is 4.02. The molecule has 0 radical (unpaired) electrons. The summed E-state index contributed by atoms with van der Waals surface area (Å²) in [6.07, 6.45) is 0. The molecule has 116 valence electrons. The molecule has 1 aromatic heterocycles. The first-order valence-corrected chi connectivity index (χ1v) is 7.61. The normalized spacial score (nSPS) is 19.9. The van der Waals surface area contributed by atoms with E-state index in [0.29, 0.717) is 5.92 Å². The van der Waals surface area contributed by atoms with Crippen LogP contribution in [0.15, 0.2) is 12.1 Å². The van der Waals surface area contributed by atoms with Crippen LogP contribution in [0.4, 0.5) is 5.82 Å². The van der Waals surface area contributed by atoms with Gasteiger partial charge in [0.05, 0.1) is 0 Å². The Morgan fingerprint density at radius 3 is 2.67 bits per heavy atom. The Labute approximate surface area is 127 Å². The number of pyridine rings is 1. The van der Waals surface area contributed by atoms with E-state index in [1.54, 1.807) is 0 Å². The van der Waals surface area contributed by atoms with E-state index in [4.69, 9.17) is 0 Å². The largest absolute Gasteiger partial charge is 0.373 e. The number of rotatable bonds is 3. The molecule has 1 amide bonds. The van der Waals surface area contributed by atoms with Gasteiger partial charge in [0.2, 0.25) is 0 Å². The van der Waals surface area contributed by atoms with Crippen molar-refractivity contribution in [1.29, 1.82) is 0 Å². The Hall–Kier alpha value is -1.62. The highest BCUT2D eigenvalue weighted by molar-refractivity contribution is 5.95. The topological polar surface area (TPSA) is 48.5 Å². The van der Waals surface area contributed by atoms with Crippen LogP contribution in [-0.2, 0) is 0 Å². The number of amides is 1. The molecule has 1 saturated heterocycles. The fourth-order valence-corrected chi connectivity index (χ4v) is 2.71. The zero-order valence-corrected chi connectivity index (χ0v) is 13.7. The highest BCUT2D eigenvalue weighted by atomic mass is 16.2.